The number of nitrogens with zero attached hydrogens (tertiary/aromatic N) is 2. The normalized spacial score (nSPS) is 14.7. The van der Waals surface area contributed by atoms with Crippen molar-refractivity contribution < 1.29 is 4.79 Å². The van der Waals surface area contributed by atoms with Crippen molar-refractivity contribution in [3.63, 3.8) is 0 Å². The molecule has 0 aliphatic carbocycles. The van der Waals surface area contributed by atoms with Gasteiger partial charge in [0.05, 0.1) is 11.8 Å². The Bertz CT molecular complexity index is 918. The Labute approximate surface area is 197 Å². The van der Waals surface area contributed by atoms with Gasteiger partial charge in [-0.15, -0.1) is 11.8 Å². The molecule has 4 rings (SSSR count). The van der Waals surface area contributed by atoms with Gasteiger partial charge in [-0.05, 0) is 28.8 Å². The molecular weight excluding hydrogens is 468 g/mol. The topological polar surface area (TPSA) is 23.6 Å². The number of hydrogen-bond acceptors (Lipinski definition) is 3. The smallest absolute Gasteiger partial charge is 0.232 e. The largest absolute Gasteiger partial charge is 0.339 e. The minimum Gasteiger partial charge on any atom is -0.339 e. The number of amides is 1. The molecule has 1 amide bonds. The lowest BCUT2D eigenvalue weighted by Gasteiger charge is -2.39. The summed E-state index contributed by atoms with van der Waals surface area (Å²) in [5.41, 5.74) is 3.86. The fraction of sp³-hybridized carbons (Fsp3) is 0.269. The maximum Gasteiger partial charge on any atom is 0.232 e. The second-order valence-electron chi connectivity index (χ2n) is 7.76. The molecule has 1 aliphatic heterocycles. The predicted octanol–water partition coefficient (Wildman–Crippen LogP) is 5.62. The van der Waals surface area contributed by atoms with Gasteiger partial charge in [-0.25, -0.2) is 0 Å². The lowest BCUT2D eigenvalue weighted by molar-refractivity contribution is -0.130. The van der Waals surface area contributed by atoms with Gasteiger partial charge in [0.1, 0.15) is 0 Å². The van der Waals surface area contributed by atoms with Gasteiger partial charge in [0, 0.05) is 36.4 Å². The SMILES string of the molecule is O=C(CSCc1ccc(Br)cc1)N1CCN(C(c2ccccc2)c2ccccc2)CC1. The highest BCUT2D eigenvalue weighted by Gasteiger charge is 2.27. The first-order valence-corrected chi connectivity index (χ1v) is 12.6. The average molecular weight is 495 g/mol. The van der Waals surface area contributed by atoms with Gasteiger partial charge in [0.15, 0.2) is 0 Å². The first-order chi connectivity index (χ1) is 15.2. The van der Waals surface area contributed by atoms with E-state index in [2.05, 4.69) is 93.6 Å². The molecule has 0 radical (unpaired) electrons. The van der Waals surface area contributed by atoms with Crippen LogP contribution >= 0.6 is 27.7 Å². The van der Waals surface area contributed by atoms with Crippen molar-refractivity contribution >= 4 is 33.6 Å². The van der Waals surface area contributed by atoms with E-state index in [0.29, 0.717) is 5.75 Å². The quantitative estimate of drug-likeness (QED) is 0.426. The van der Waals surface area contributed by atoms with Gasteiger partial charge in [0.25, 0.3) is 0 Å². The first-order valence-electron chi connectivity index (χ1n) is 10.6. The zero-order chi connectivity index (χ0) is 21.5. The third-order valence-corrected chi connectivity index (χ3v) is 7.19. The van der Waals surface area contributed by atoms with E-state index in [9.17, 15) is 4.79 Å². The lowest BCUT2D eigenvalue weighted by Crippen LogP contribution is -2.50. The van der Waals surface area contributed by atoms with Crippen molar-refractivity contribution in [2.24, 2.45) is 0 Å². The summed E-state index contributed by atoms with van der Waals surface area (Å²) < 4.78 is 1.08. The molecule has 160 valence electrons. The van der Waals surface area contributed by atoms with Crippen LogP contribution in [-0.2, 0) is 10.5 Å². The van der Waals surface area contributed by atoms with Gasteiger partial charge in [-0.3, -0.25) is 9.69 Å². The Balaban J connectivity index is 1.33. The van der Waals surface area contributed by atoms with Crippen molar-refractivity contribution in [3.8, 4) is 0 Å². The summed E-state index contributed by atoms with van der Waals surface area (Å²) in [6.45, 7) is 3.34. The summed E-state index contributed by atoms with van der Waals surface area (Å²) >= 11 is 5.16. The Kier molecular flexibility index (Phi) is 7.84. The number of piperazine rings is 1. The number of benzene rings is 3. The zero-order valence-corrected chi connectivity index (χ0v) is 19.9. The first kappa shape index (κ1) is 22.1. The molecule has 1 fully saturated rings. The molecular formula is C26H27BrN2OS. The predicted molar refractivity (Wildman–Crippen MR) is 133 cm³/mol. The summed E-state index contributed by atoms with van der Waals surface area (Å²) in [5.74, 6) is 1.65. The van der Waals surface area contributed by atoms with Crippen LogP contribution < -0.4 is 0 Å². The number of thioether (sulfide) groups is 1. The molecule has 1 saturated heterocycles. The van der Waals surface area contributed by atoms with E-state index in [0.717, 1.165) is 36.4 Å². The second kappa shape index (κ2) is 11.0. The molecule has 0 bridgehead atoms. The number of rotatable bonds is 7. The van der Waals surface area contributed by atoms with Gasteiger partial charge in [0.2, 0.25) is 5.91 Å². The molecule has 3 aromatic rings. The molecule has 0 aromatic heterocycles. The van der Waals surface area contributed by atoms with Crippen molar-refractivity contribution in [2.75, 3.05) is 31.9 Å². The van der Waals surface area contributed by atoms with Crippen LogP contribution in [0.2, 0.25) is 0 Å². The molecule has 0 N–H and O–H groups in total. The zero-order valence-electron chi connectivity index (χ0n) is 17.5. The Morgan fingerprint density at radius 2 is 1.35 bits per heavy atom. The molecule has 0 unspecified atom stereocenters. The summed E-state index contributed by atoms with van der Waals surface area (Å²) in [7, 11) is 0. The Hall–Kier alpha value is -2.08. The van der Waals surface area contributed by atoms with E-state index < -0.39 is 0 Å². The van der Waals surface area contributed by atoms with Gasteiger partial charge >= 0.3 is 0 Å². The van der Waals surface area contributed by atoms with Crippen LogP contribution in [0.4, 0.5) is 0 Å². The van der Waals surface area contributed by atoms with Crippen LogP contribution in [-0.4, -0.2) is 47.6 Å². The highest BCUT2D eigenvalue weighted by atomic mass is 79.9. The van der Waals surface area contributed by atoms with E-state index in [1.165, 1.54) is 16.7 Å². The van der Waals surface area contributed by atoms with Crippen LogP contribution in [0.5, 0.6) is 0 Å². The molecule has 3 aromatic carbocycles. The summed E-state index contributed by atoms with van der Waals surface area (Å²) in [5, 5.41) is 0. The van der Waals surface area contributed by atoms with Crippen molar-refractivity contribution in [2.45, 2.75) is 11.8 Å². The third kappa shape index (κ3) is 6.00. The molecule has 3 nitrogen and oxygen atoms in total. The van der Waals surface area contributed by atoms with Crippen LogP contribution in [0.3, 0.4) is 0 Å². The molecule has 0 saturated carbocycles. The van der Waals surface area contributed by atoms with E-state index in [4.69, 9.17) is 0 Å². The fourth-order valence-corrected chi connectivity index (χ4v) is 5.19. The molecule has 1 heterocycles. The van der Waals surface area contributed by atoms with Crippen molar-refractivity contribution in [1.29, 1.82) is 0 Å². The lowest BCUT2D eigenvalue weighted by atomic mass is 9.96. The number of carbonyl (C=O) groups is 1. The highest BCUT2D eigenvalue weighted by Crippen LogP contribution is 2.29. The van der Waals surface area contributed by atoms with Gasteiger partial charge in [-0.2, -0.15) is 0 Å². The van der Waals surface area contributed by atoms with E-state index >= 15 is 0 Å². The van der Waals surface area contributed by atoms with Crippen LogP contribution in [0.25, 0.3) is 0 Å². The average Bonchev–Trinajstić information content (AvgIpc) is 2.82. The standard InChI is InChI=1S/C26H27BrN2OS/c27-24-13-11-21(12-14-24)19-31-20-25(30)28-15-17-29(18-16-28)26(22-7-3-1-4-8-22)23-9-5-2-6-10-23/h1-14,26H,15-20H2. The third-order valence-electron chi connectivity index (χ3n) is 5.67. The fourth-order valence-electron chi connectivity index (χ4n) is 4.04. The Morgan fingerprint density at radius 1 is 0.806 bits per heavy atom. The van der Waals surface area contributed by atoms with Gasteiger partial charge < -0.3 is 4.90 Å². The highest BCUT2D eigenvalue weighted by molar-refractivity contribution is 9.10. The second-order valence-corrected chi connectivity index (χ2v) is 9.66. The maximum absolute atomic E-state index is 12.7. The molecule has 0 spiro atoms. The van der Waals surface area contributed by atoms with E-state index in [1.54, 1.807) is 11.8 Å². The molecule has 0 atom stereocenters. The Morgan fingerprint density at radius 3 is 1.90 bits per heavy atom. The molecule has 31 heavy (non-hydrogen) atoms. The molecule has 5 heteroatoms. The van der Waals surface area contributed by atoms with E-state index in [1.807, 2.05) is 17.0 Å². The van der Waals surface area contributed by atoms with Gasteiger partial charge in [-0.1, -0.05) is 88.7 Å². The summed E-state index contributed by atoms with van der Waals surface area (Å²) in [6.07, 6.45) is 0. The van der Waals surface area contributed by atoms with Crippen LogP contribution in [0, 0.1) is 0 Å². The van der Waals surface area contributed by atoms with Crippen molar-refractivity contribution in [3.05, 3.63) is 106 Å². The maximum atomic E-state index is 12.7. The number of hydrogen-bond donors (Lipinski definition) is 0. The minimum absolute atomic E-state index is 0.228. The summed E-state index contributed by atoms with van der Waals surface area (Å²) in [4.78, 5) is 17.3. The van der Waals surface area contributed by atoms with E-state index in [-0.39, 0.29) is 11.9 Å². The van der Waals surface area contributed by atoms with Crippen LogP contribution in [0.1, 0.15) is 22.7 Å². The summed E-state index contributed by atoms with van der Waals surface area (Å²) in [6, 6.07) is 29.9. The number of carbonyl (C=O) groups excluding carboxylic acids is 1. The number of halogens is 1. The monoisotopic (exact) mass is 494 g/mol. The van der Waals surface area contributed by atoms with Crippen LogP contribution in [0.15, 0.2) is 89.4 Å². The van der Waals surface area contributed by atoms with Crippen molar-refractivity contribution in [1.82, 2.24) is 9.80 Å². The molecule has 1 aliphatic rings. The minimum atomic E-state index is 0.228.